The van der Waals surface area contributed by atoms with Crippen LogP contribution < -0.4 is 4.74 Å². The van der Waals surface area contributed by atoms with Gasteiger partial charge in [0, 0.05) is 26.2 Å². The number of piperidine rings is 2. The van der Waals surface area contributed by atoms with E-state index in [4.69, 9.17) is 4.74 Å². The van der Waals surface area contributed by atoms with Crippen molar-refractivity contribution in [2.75, 3.05) is 26.2 Å². The summed E-state index contributed by atoms with van der Waals surface area (Å²) >= 11 is 0. The summed E-state index contributed by atoms with van der Waals surface area (Å²) in [5.74, 6) is 1.46. The molecule has 26 heavy (non-hydrogen) atoms. The van der Waals surface area contributed by atoms with E-state index in [1.807, 2.05) is 0 Å². The van der Waals surface area contributed by atoms with E-state index < -0.39 is 0 Å². The highest BCUT2D eigenvalue weighted by Crippen LogP contribution is 2.53. The van der Waals surface area contributed by atoms with Crippen LogP contribution in [0.2, 0.25) is 0 Å². The first-order chi connectivity index (χ1) is 12.4. The van der Waals surface area contributed by atoms with E-state index in [-0.39, 0.29) is 16.9 Å². The number of carbonyl (C=O) groups excluding carboxylic acids is 1. The Labute approximate surface area is 157 Å². The molecule has 4 fully saturated rings. The van der Waals surface area contributed by atoms with Crippen LogP contribution in [0.1, 0.15) is 58.7 Å². The Bertz CT molecular complexity index is 666. The molecular formula is C22H32N2O2. The minimum atomic E-state index is -0.193. The van der Waals surface area contributed by atoms with Crippen molar-refractivity contribution < 1.29 is 9.53 Å². The summed E-state index contributed by atoms with van der Waals surface area (Å²) in [6.07, 6.45) is 3.85. The smallest absolute Gasteiger partial charge is 0.150 e. The van der Waals surface area contributed by atoms with Crippen molar-refractivity contribution in [3.63, 3.8) is 0 Å². The Kier molecular flexibility index (Phi) is 4.39. The highest BCUT2D eigenvalue weighted by atomic mass is 16.5. The molecule has 4 aliphatic rings. The summed E-state index contributed by atoms with van der Waals surface area (Å²) in [7, 11) is 0. The number of ketones is 1. The third-order valence-corrected chi connectivity index (χ3v) is 6.40. The van der Waals surface area contributed by atoms with Crippen LogP contribution in [0, 0.1) is 10.8 Å². The quantitative estimate of drug-likeness (QED) is 0.775. The number of benzene rings is 1. The summed E-state index contributed by atoms with van der Waals surface area (Å²) in [6, 6.07) is 8.58. The van der Waals surface area contributed by atoms with Gasteiger partial charge < -0.3 is 4.74 Å². The number of hydrogen-bond acceptors (Lipinski definition) is 4. The zero-order chi connectivity index (χ0) is 18.5. The highest BCUT2D eigenvalue weighted by molar-refractivity contribution is 5.93. The fraction of sp³-hybridized carbons (Fsp3) is 0.682. The lowest BCUT2D eigenvalue weighted by Gasteiger charge is -2.65. The maximum atomic E-state index is 13.2. The minimum absolute atomic E-state index is 0.140. The first-order valence-corrected chi connectivity index (χ1v) is 10.2. The van der Waals surface area contributed by atoms with Crippen LogP contribution in [0.15, 0.2) is 24.3 Å². The number of rotatable bonds is 6. The van der Waals surface area contributed by atoms with Crippen LogP contribution in [-0.4, -0.2) is 47.9 Å². The van der Waals surface area contributed by atoms with Gasteiger partial charge >= 0.3 is 0 Å². The second kappa shape index (κ2) is 6.35. The normalized spacial score (nSPS) is 38.2. The lowest BCUT2D eigenvalue weighted by Crippen LogP contribution is -2.76. The van der Waals surface area contributed by atoms with Gasteiger partial charge in [0.15, 0.2) is 0 Å². The third kappa shape index (κ3) is 2.78. The fourth-order valence-corrected chi connectivity index (χ4v) is 5.59. The van der Waals surface area contributed by atoms with Crippen molar-refractivity contribution in [2.24, 2.45) is 10.8 Å². The molecule has 0 radical (unpaired) electrons. The van der Waals surface area contributed by atoms with Gasteiger partial charge in [-0.3, -0.25) is 14.6 Å². The molecule has 1 aromatic carbocycles. The average molecular weight is 357 g/mol. The van der Waals surface area contributed by atoms with Gasteiger partial charge in [-0.05, 0) is 38.0 Å². The first-order valence-electron chi connectivity index (χ1n) is 10.2. The molecule has 4 saturated heterocycles. The van der Waals surface area contributed by atoms with Crippen LogP contribution in [0.3, 0.4) is 0 Å². The lowest BCUT2D eigenvalue weighted by atomic mass is 9.59. The van der Waals surface area contributed by atoms with Gasteiger partial charge in [-0.15, -0.1) is 0 Å². The SMILES string of the molecule is CCCCC12CN3CC(C)(CN(C1)C3c1ccc(OC(C)C)cc1)C2=O. The van der Waals surface area contributed by atoms with Gasteiger partial charge in [-0.2, -0.15) is 0 Å². The summed E-state index contributed by atoms with van der Waals surface area (Å²) in [5.41, 5.74) is 0.987. The average Bonchev–Trinajstić information content (AvgIpc) is 2.58. The van der Waals surface area contributed by atoms with E-state index in [0.717, 1.165) is 51.2 Å². The molecule has 2 atom stereocenters. The minimum Gasteiger partial charge on any atom is -0.491 e. The predicted molar refractivity (Wildman–Crippen MR) is 103 cm³/mol. The Morgan fingerprint density at radius 2 is 1.73 bits per heavy atom. The topological polar surface area (TPSA) is 32.8 Å². The molecule has 4 heterocycles. The Morgan fingerprint density at radius 1 is 1.12 bits per heavy atom. The molecule has 0 N–H and O–H groups in total. The third-order valence-electron chi connectivity index (χ3n) is 6.40. The summed E-state index contributed by atoms with van der Waals surface area (Å²) < 4.78 is 5.79. The van der Waals surface area contributed by atoms with E-state index in [2.05, 4.69) is 61.8 Å². The Hall–Kier alpha value is -1.39. The molecule has 0 saturated carbocycles. The monoisotopic (exact) mass is 356 g/mol. The van der Waals surface area contributed by atoms with Crippen molar-refractivity contribution in [3.8, 4) is 5.75 Å². The van der Waals surface area contributed by atoms with Crippen LogP contribution in [-0.2, 0) is 4.79 Å². The van der Waals surface area contributed by atoms with Crippen molar-refractivity contribution in [1.29, 1.82) is 0 Å². The van der Waals surface area contributed by atoms with Gasteiger partial charge in [-0.25, -0.2) is 0 Å². The fourth-order valence-electron chi connectivity index (χ4n) is 5.59. The van der Waals surface area contributed by atoms with Crippen LogP contribution >= 0.6 is 0 Å². The van der Waals surface area contributed by atoms with Gasteiger partial charge in [0.1, 0.15) is 11.5 Å². The zero-order valence-corrected chi connectivity index (χ0v) is 16.6. The number of unbranched alkanes of at least 4 members (excludes halogenated alkanes) is 1. The van der Waals surface area contributed by atoms with Crippen molar-refractivity contribution in [3.05, 3.63) is 29.8 Å². The summed E-state index contributed by atoms with van der Waals surface area (Å²) in [6.45, 7) is 12.1. The maximum absolute atomic E-state index is 13.2. The molecule has 4 nitrogen and oxygen atoms in total. The van der Waals surface area contributed by atoms with Crippen LogP contribution in [0.5, 0.6) is 5.75 Å². The predicted octanol–water partition coefficient (Wildman–Crippen LogP) is 3.87. The van der Waals surface area contributed by atoms with E-state index in [9.17, 15) is 4.79 Å². The van der Waals surface area contributed by atoms with Crippen LogP contribution in [0.4, 0.5) is 0 Å². The number of carbonyl (C=O) groups is 1. The van der Waals surface area contributed by atoms with Crippen molar-refractivity contribution in [2.45, 2.75) is 59.2 Å². The largest absolute Gasteiger partial charge is 0.491 e. The Morgan fingerprint density at radius 3 is 2.27 bits per heavy atom. The van der Waals surface area contributed by atoms with E-state index >= 15 is 0 Å². The molecule has 0 amide bonds. The van der Waals surface area contributed by atoms with Crippen molar-refractivity contribution >= 4 is 5.78 Å². The maximum Gasteiger partial charge on any atom is 0.150 e. The van der Waals surface area contributed by atoms with E-state index in [1.165, 1.54) is 5.56 Å². The second-order valence-corrected chi connectivity index (χ2v) is 9.19. The second-order valence-electron chi connectivity index (χ2n) is 9.19. The van der Waals surface area contributed by atoms with E-state index in [1.54, 1.807) is 0 Å². The lowest BCUT2D eigenvalue weighted by molar-refractivity contribution is -0.201. The van der Waals surface area contributed by atoms with Gasteiger partial charge in [-0.1, -0.05) is 38.8 Å². The molecule has 1 aromatic rings. The molecule has 0 aliphatic carbocycles. The number of Topliss-reactive ketones (excluding diaryl/α,β-unsaturated/α-hetero) is 1. The molecule has 0 aromatic heterocycles. The van der Waals surface area contributed by atoms with Gasteiger partial charge in [0.25, 0.3) is 0 Å². The van der Waals surface area contributed by atoms with Crippen molar-refractivity contribution in [1.82, 2.24) is 9.80 Å². The first kappa shape index (κ1) is 18.0. The molecule has 142 valence electrons. The van der Waals surface area contributed by atoms with E-state index in [0.29, 0.717) is 11.9 Å². The number of ether oxygens (including phenoxy) is 1. The number of nitrogens with zero attached hydrogens (tertiary/aromatic N) is 2. The van der Waals surface area contributed by atoms with Gasteiger partial charge in [0.05, 0.1) is 23.1 Å². The molecule has 4 bridgehead atoms. The number of hydrogen-bond donors (Lipinski definition) is 0. The molecular weight excluding hydrogens is 324 g/mol. The van der Waals surface area contributed by atoms with Gasteiger partial charge in [0.2, 0.25) is 0 Å². The molecule has 0 spiro atoms. The molecule has 5 rings (SSSR count). The standard InChI is InChI=1S/C22H32N2O2/c1-5-6-11-22-14-23-12-21(4,20(22)25)13-24(15-22)19(23)17-7-9-18(10-8-17)26-16(2)3/h7-10,16,19H,5-6,11-15H2,1-4H3. The molecule has 4 heteroatoms. The summed E-state index contributed by atoms with van der Waals surface area (Å²) in [4.78, 5) is 18.4. The summed E-state index contributed by atoms with van der Waals surface area (Å²) in [5, 5.41) is 0. The molecule has 4 aliphatic heterocycles. The molecule has 2 unspecified atom stereocenters. The highest BCUT2D eigenvalue weighted by Gasteiger charge is 2.63. The zero-order valence-electron chi connectivity index (χ0n) is 16.6. The Balaban J connectivity index is 1.59. The van der Waals surface area contributed by atoms with Crippen LogP contribution in [0.25, 0.3) is 0 Å².